The molecule has 1 aromatic carbocycles. The minimum atomic E-state index is -4.72. The normalized spacial score (nSPS) is 14.0. The summed E-state index contributed by atoms with van der Waals surface area (Å²) in [6, 6.07) is 5.93. The Bertz CT molecular complexity index is 508. The summed E-state index contributed by atoms with van der Waals surface area (Å²) in [6.07, 6.45) is -2.01. The van der Waals surface area contributed by atoms with Gasteiger partial charge in [-0.3, -0.25) is 4.79 Å². The molecule has 0 aromatic heterocycles. The van der Waals surface area contributed by atoms with Crippen molar-refractivity contribution in [3.05, 3.63) is 29.8 Å². The van der Waals surface area contributed by atoms with Crippen molar-refractivity contribution < 1.29 is 22.7 Å². The Hall–Kier alpha value is -1.47. The lowest BCUT2D eigenvalue weighted by Crippen LogP contribution is -2.35. The first kappa shape index (κ1) is 19.6. The molecule has 1 saturated carbocycles. The van der Waals surface area contributed by atoms with Crippen LogP contribution in [0.4, 0.5) is 13.2 Å². The van der Waals surface area contributed by atoms with Gasteiger partial charge in [0, 0.05) is 6.54 Å². The van der Waals surface area contributed by atoms with Gasteiger partial charge in [0.15, 0.2) is 0 Å². The molecule has 4 nitrogen and oxygen atoms in total. The lowest BCUT2D eigenvalue weighted by Gasteiger charge is -2.13. The molecule has 1 aromatic rings. The highest BCUT2D eigenvalue weighted by Gasteiger charge is 2.31. The summed E-state index contributed by atoms with van der Waals surface area (Å²) < 4.78 is 40.8. The van der Waals surface area contributed by atoms with E-state index in [9.17, 15) is 18.0 Å². The fourth-order valence-electron chi connectivity index (χ4n) is 2.05. The number of carbonyl (C=O) groups is 1. The zero-order valence-corrected chi connectivity index (χ0v) is 13.3. The lowest BCUT2D eigenvalue weighted by atomic mass is 10.1. The van der Waals surface area contributed by atoms with Crippen LogP contribution in [0.3, 0.4) is 0 Å². The van der Waals surface area contributed by atoms with E-state index in [1.807, 2.05) is 0 Å². The Morgan fingerprint density at radius 3 is 2.61 bits per heavy atom. The van der Waals surface area contributed by atoms with Crippen molar-refractivity contribution in [3.8, 4) is 5.75 Å². The van der Waals surface area contributed by atoms with Crippen molar-refractivity contribution in [3.63, 3.8) is 0 Å². The van der Waals surface area contributed by atoms with E-state index < -0.39 is 6.36 Å². The van der Waals surface area contributed by atoms with Gasteiger partial charge in [-0.05, 0) is 43.4 Å². The predicted molar refractivity (Wildman–Crippen MR) is 82.7 cm³/mol. The minimum Gasteiger partial charge on any atom is -0.406 e. The van der Waals surface area contributed by atoms with Gasteiger partial charge >= 0.3 is 6.36 Å². The summed E-state index contributed by atoms with van der Waals surface area (Å²) in [6.45, 7) is 1.34. The highest BCUT2D eigenvalue weighted by molar-refractivity contribution is 5.85. The summed E-state index contributed by atoms with van der Waals surface area (Å²) in [5.41, 5.74) is 0.408. The second-order valence-electron chi connectivity index (χ2n) is 5.33. The third-order valence-electron chi connectivity index (χ3n) is 3.33. The van der Waals surface area contributed by atoms with E-state index in [1.165, 1.54) is 25.0 Å². The first-order valence-corrected chi connectivity index (χ1v) is 7.25. The molecule has 0 unspecified atom stereocenters. The third kappa shape index (κ3) is 8.08. The summed E-state index contributed by atoms with van der Waals surface area (Å²) in [7, 11) is 0. The van der Waals surface area contributed by atoms with Crippen LogP contribution in [0, 0.1) is 5.92 Å². The molecule has 8 heteroatoms. The summed E-state index contributed by atoms with van der Waals surface area (Å²) in [5, 5.41) is 5.73. The Labute approximate surface area is 139 Å². The minimum absolute atomic E-state index is 0. The molecule has 0 aliphatic heterocycles. The third-order valence-corrected chi connectivity index (χ3v) is 3.33. The van der Waals surface area contributed by atoms with Gasteiger partial charge in [-0.15, -0.1) is 25.6 Å². The number of halogens is 4. The molecule has 0 bridgehead atoms. The molecular weight excluding hydrogens is 333 g/mol. The van der Waals surface area contributed by atoms with Crippen molar-refractivity contribution in [1.82, 2.24) is 10.6 Å². The maximum Gasteiger partial charge on any atom is 0.573 e. The van der Waals surface area contributed by atoms with Crippen LogP contribution in [-0.2, 0) is 11.2 Å². The molecule has 0 spiro atoms. The molecule has 0 heterocycles. The fraction of sp³-hybridized carbons (Fsp3) is 0.533. The SMILES string of the molecule is Cl.O=C(CNCC1CC1)NCCc1ccccc1OC(F)(F)F. The topological polar surface area (TPSA) is 50.4 Å². The average Bonchev–Trinajstić information content (AvgIpc) is 3.23. The number of rotatable bonds is 8. The average molecular weight is 353 g/mol. The van der Waals surface area contributed by atoms with Crippen molar-refractivity contribution in [2.45, 2.75) is 25.6 Å². The molecule has 130 valence electrons. The lowest BCUT2D eigenvalue weighted by molar-refractivity contribution is -0.274. The van der Waals surface area contributed by atoms with E-state index in [4.69, 9.17) is 0 Å². The number of amides is 1. The number of hydrogen-bond acceptors (Lipinski definition) is 3. The number of hydrogen-bond donors (Lipinski definition) is 2. The Morgan fingerprint density at radius 2 is 1.96 bits per heavy atom. The number of para-hydroxylation sites is 1. The molecule has 1 amide bonds. The zero-order valence-electron chi connectivity index (χ0n) is 12.5. The van der Waals surface area contributed by atoms with Gasteiger partial charge in [-0.2, -0.15) is 0 Å². The molecule has 0 atom stereocenters. The van der Waals surface area contributed by atoms with E-state index >= 15 is 0 Å². The van der Waals surface area contributed by atoms with Gasteiger partial charge < -0.3 is 15.4 Å². The van der Waals surface area contributed by atoms with Gasteiger partial charge in [-0.25, -0.2) is 0 Å². The molecule has 1 aliphatic rings. The highest BCUT2D eigenvalue weighted by Crippen LogP contribution is 2.27. The van der Waals surface area contributed by atoms with Crippen LogP contribution in [0.2, 0.25) is 0 Å². The Morgan fingerprint density at radius 1 is 1.26 bits per heavy atom. The van der Waals surface area contributed by atoms with E-state index in [0.29, 0.717) is 11.5 Å². The number of alkyl halides is 3. The first-order chi connectivity index (χ1) is 10.4. The second kappa shape index (κ2) is 8.98. The Kier molecular flexibility index (Phi) is 7.64. The van der Waals surface area contributed by atoms with Gasteiger partial charge in [0.2, 0.25) is 5.91 Å². The Balaban J connectivity index is 0.00000264. The van der Waals surface area contributed by atoms with Crippen LogP contribution in [-0.4, -0.2) is 31.9 Å². The molecule has 1 aliphatic carbocycles. The van der Waals surface area contributed by atoms with Gasteiger partial charge in [0.05, 0.1) is 6.54 Å². The van der Waals surface area contributed by atoms with E-state index in [0.717, 1.165) is 6.54 Å². The standard InChI is InChI=1S/C15H19F3N2O2.ClH/c16-15(17,18)22-13-4-2-1-3-12(13)7-8-20-14(21)10-19-9-11-5-6-11;/h1-4,11,19H,5-10H2,(H,20,21);1H. The van der Waals surface area contributed by atoms with Crippen molar-refractivity contribution in [2.24, 2.45) is 5.92 Å². The smallest absolute Gasteiger partial charge is 0.406 e. The van der Waals surface area contributed by atoms with E-state index in [-0.39, 0.29) is 43.6 Å². The van der Waals surface area contributed by atoms with E-state index in [2.05, 4.69) is 15.4 Å². The highest BCUT2D eigenvalue weighted by atomic mass is 35.5. The molecule has 0 saturated heterocycles. The maximum absolute atomic E-state index is 12.3. The summed E-state index contributed by atoms with van der Waals surface area (Å²) in [5.74, 6) is 0.310. The zero-order chi connectivity index (χ0) is 16.0. The van der Waals surface area contributed by atoms with Crippen LogP contribution in [0.1, 0.15) is 18.4 Å². The number of benzene rings is 1. The van der Waals surface area contributed by atoms with Crippen LogP contribution in [0.15, 0.2) is 24.3 Å². The molecule has 23 heavy (non-hydrogen) atoms. The summed E-state index contributed by atoms with van der Waals surface area (Å²) in [4.78, 5) is 11.6. The van der Waals surface area contributed by atoms with E-state index in [1.54, 1.807) is 12.1 Å². The van der Waals surface area contributed by atoms with Crippen molar-refractivity contribution >= 4 is 18.3 Å². The number of carbonyl (C=O) groups excluding carboxylic acids is 1. The van der Waals surface area contributed by atoms with Crippen LogP contribution in [0.5, 0.6) is 5.75 Å². The number of ether oxygens (including phenoxy) is 1. The van der Waals surface area contributed by atoms with Crippen LogP contribution in [0.25, 0.3) is 0 Å². The summed E-state index contributed by atoms with van der Waals surface area (Å²) >= 11 is 0. The van der Waals surface area contributed by atoms with Crippen molar-refractivity contribution in [2.75, 3.05) is 19.6 Å². The molecule has 1 fully saturated rings. The monoisotopic (exact) mass is 352 g/mol. The predicted octanol–water partition coefficient (Wildman–Crippen LogP) is 2.67. The fourth-order valence-corrected chi connectivity index (χ4v) is 2.05. The van der Waals surface area contributed by atoms with Crippen molar-refractivity contribution in [1.29, 1.82) is 0 Å². The van der Waals surface area contributed by atoms with Gasteiger partial charge in [0.25, 0.3) is 0 Å². The first-order valence-electron chi connectivity index (χ1n) is 7.25. The molecule has 2 rings (SSSR count). The second-order valence-corrected chi connectivity index (χ2v) is 5.33. The maximum atomic E-state index is 12.3. The van der Waals surface area contributed by atoms with Gasteiger partial charge in [0.1, 0.15) is 5.75 Å². The van der Waals surface area contributed by atoms with Crippen LogP contribution < -0.4 is 15.4 Å². The largest absolute Gasteiger partial charge is 0.573 e. The number of nitrogens with one attached hydrogen (secondary N) is 2. The van der Waals surface area contributed by atoms with Gasteiger partial charge in [-0.1, -0.05) is 18.2 Å². The molecular formula is C15H20ClF3N2O2. The van der Waals surface area contributed by atoms with Crippen LogP contribution >= 0.6 is 12.4 Å². The molecule has 2 N–H and O–H groups in total. The molecule has 0 radical (unpaired) electrons. The quantitative estimate of drug-likeness (QED) is 0.756.